The lowest BCUT2D eigenvalue weighted by atomic mass is 10.1. The first-order chi connectivity index (χ1) is 12.0. The van der Waals surface area contributed by atoms with Crippen molar-refractivity contribution in [3.63, 3.8) is 0 Å². The van der Waals surface area contributed by atoms with Gasteiger partial charge in [0.15, 0.2) is 0 Å². The van der Waals surface area contributed by atoms with E-state index in [2.05, 4.69) is 22.9 Å². The van der Waals surface area contributed by atoms with Gasteiger partial charge in [-0.15, -0.1) is 0 Å². The highest BCUT2D eigenvalue weighted by Gasteiger charge is 2.13. The molecule has 2 amide bonds. The average molecular weight is 341 g/mol. The van der Waals surface area contributed by atoms with Crippen molar-refractivity contribution in [2.45, 2.75) is 26.3 Å². The fourth-order valence-electron chi connectivity index (χ4n) is 2.28. The predicted molar refractivity (Wildman–Crippen MR) is 99.7 cm³/mol. The number of hydrogen-bond acceptors (Lipinski definition) is 4. The Morgan fingerprint density at radius 1 is 1.00 bits per heavy atom. The molecule has 0 heterocycles. The Balaban J connectivity index is 1.95. The summed E-state index contributed by atoms with van der Waals surface area (Å²) in [6.45, 7) is 3.26. The summed E-state index contributed by atoms with van der Waals surface area (Å²) in [5.74, 6) is -0.646. The van der Waals surface area contributed by atoms with E-state index in [4.69, 9.17) is 5.11 Å². The maximum absolute atomic E-state index is 12.3. The first kappa shape index (κ1) is 18.5. The molecule has 0 saturated carbocycles. The Labute approximate surface area is 147 Å². The molecule has 2 aromatic carbocycles. The van der Waals surface area contributed by atoms with E-state index < -0.39 is 18.6 Å². The number of aliphatic hydroxyl groups is 1. The third-order valence-corrected chi connectivity index (χ3v) is 3.70. The number of hydrogen-bond donors (Lipinski definition) is 4. The molecule has 0 aliphatic heterocycles. The van der Waals surface area contributed by atoms with Crippen LogP contribution in [0.4, 0.5) is 17.1 Å². The second kappa shape index (κ2) is 8.84. The fraction of sp³-hybridized carbons (Fsp3) is 0.263. The molecule has 0 fully saturated rings. The molecule has 0 saturated heterocycles. The number of anilines is 3. The molecule has 4 N–H and O–H groups in total. The number of benzene rings is 2. The minimum atomic E-state index is -0.576. The quantitative estimate of drug-likeness (QED) is 0.623. The fourth-order valence-corrected chi connectivity index (χ4v) is 2.28. The number of carbonyl (C=O) groups excluding carboxylic acids is 2. The number of aliphatic hydroxyl groups excluding tert-OH is 1. The van der Waals surface area contributed by atoms with E-state index in [9.17, 15) is 9.59 Å². The molecule has 2 aromatic rings. The number of carbonyl (C=O) groups is 2. The standard InChI is InChI=1S/C19H23N3O3/c1-3-14-7-9-15(10-8-14)22-19(25)13(2)20-16-5-4-6-17(11-16)21-18(24)12-23/h4-11,13,20,23H,3,12H2,1-2H3,(H,21,24)(H,22,25). The molecular weight excluding hydrogens is 318 g/mol. The van der Waals surface area contributed by atoms with Gasteiger partial charge in [0, 0.05) is 17.1 Å². The minimum Gasteiger partial charge on any atom is -0.387 e. The van der Waals surface area contributed by atoms with Gasteiger partial charge >= 0.3 is 0 Å². The zero-order valence-corrected chi connectivity index (χ0v) is 14.4. The molecule has 1 atom stereocenters. The van der Waals surface area contributed by atoms with Gasteiger partial charge in [-0.25, -0.2) is 0 Å². The molecule has 2 rings (SSSR count). The van der Waals surface area contributed by atoms with Crippen LogP contribution in [-0.4, -0.2) is 29.6 Å². The Morgan fingerprint density at radius 2 is 1.68 bits per heavy atom. The summed E-state index contributed by atoms with van der Waals surface area (Å²) in [5, 5.41) is 17.3. The van der Waals surface area contributed by atoms with E-state index in [0.717, 1.165) is 12.1 Å². The molecule has 25 heavy (non-hydrogen) atoms. The first-order valence-electron chi connectivity index (χ1n) is 8.19. The topological polar surface area (TPSA) is 90.5 Å². The SMILES string of the molecule is CCc1ccc(NC(=O)C(C)Nc2cccc(NC(=O)CO)c2)cc1. The molecule has 0 radical (unpaired) electrons. The van der Waals surface area contributed by atoms with E-state index in [-0.39, 0.29) is 5.91 Å². The minimum absolute atomic E-state index is 0.158. The van der Waals surface area contributed by atoms with Gasteiger partial charge in [0.1, 0.15) is 12.6 Å². The lowest BCUT2D eigenvalue weighted by Crippen LogP contribution is -2.31. The monoisotopic (exact) mass is 341 g/mol. The van der Waals surface area contributed by atoms with Crippen LogP contribution in [0.1, 0.15) is 19.4 Å². The lowest BCUT2D eigenvalue weighted by molar-refractivity contribution is -0.119. The summed E-state index contributed by atoms with van der Waals surface area (Å²) in [7, 11) is 0. The molecule has 0 aliphatic carbocycles. The number of aryl methyl sites for hydroxylation is 1. The molecule has 6 nitrogen and oxygen atoms in total. The van der Waals surface area contributed by atoms with Crippen LogP contribution >= 0.6 is 0 Å². The highest BCUT2D eigenvalue weighted by Crippen LogP contribution is 2.17. The van der Waals surface area contributed by atoms with Crippen LogP contribution in [0.25, 0.3) is 0 Å². The normalized spacial score (nSPS) is 11.5. The number of nitrogens with one attached hydrogen (secondary N) is 3. The number of amides is 2. The van der Waals surface area contributed by atoms with Gasteiger partial charge in [-0.3, -0.25) is 9.59 Å². The first-order valence-corrected chi connectivity index (χ1v) is 8.19. The molecule has 0 aliphatic rings. The maximum atomic E-state index is 12.3. The van der Waals surface area contributed by atoms with Crippen LogP contribution in [0.15, 0.2) is 48.5 Å². The van der Waals surface area contributed by atoms with Crippen molar-refractivity contribution in [1.29, 1.82) is 0 Å². The number of rotatable bonds is 7. The smallest absolute Gasteiger partial charge is 0.250 e. The van der Waals surface area contributed by atoms with Crippen LogP contribution < -0.4 is 16.0 Å². The Kier molecular flexibility index (Phi) is 6.54. The summed E-state index contributed by atoms with van der Waals surface area (Å²) in [4.78, 5) is 23.5. The lowest BCUT2D eigenvalue weighted by Gasteiger charge is -2.16. The Morgan fingerprint density at radius 3 is 2.32 bits per heavy atom. The van der Waals surface area contributed by atoms with Gasteiger partial charge in [0.05, 0.1) is 0 Å². The molecule has 0 spiro atoms. The summed E-state index contributed by atoms with van der Waals surface area (Å²) in [6.07, 6.45) is 0.954. The third kappa shape index (κ3) is 5.61. The van der Waals surface area contributed by atoms with Crippen molar-refractivity contribution in [2.24, 2.45) is 0 Å². The Bertz CT molecular complexity index is 729. The van der Waals surface area contributed by atoms with Crippen molar-refractivity contribution in [1.82, 2.24) is 0 Å². The van der Waals surface area contributed by atoms with Gasteiger partial charge in [-0.2, -0.15) is 0 Å². The molecule has 1 unspecified atom stereocenters. The van der Waals surface area contributed by atoms with Crippen molar-refractivity contribution in [2.75, 3.05) is 22.6 Å². The summed E-state index contributed by atoms with van der Waals surface area (Å²) >= 11 is 0. The van der Waals surface area contributed by atoms with E-state index in [1.807, 2.05) is 24.3 Å². The molecule has 0 aromatic heterocycles. The van der Waals surface area contributed by atoms with E-state index in [1.54, 1.807) is 31.2 Å². The molecule has 132 valence electrons. The van der Waals surface area contributed by atoms with Gasteiger partial charge in [-0.1, -0.05) is 25.1 Å². The molecule has 0 bridgehead atoms. The highest BCUT2D eigenvalue weighted by molar-refractivity contribution is 5.96. The third-order valence-electron chi connectivity index (χ3n) is 3.70. The Hall–Kier alpha value is -2.86. The van der Waals surface area contributed by atoms with Crippen LogP contribution in [0.3, 0.4) is 0 Å². The largest absolute Gasteiger partial charge is 0.387 e. The van der Waals surface area contributed by atoms with E-state index >= 15 is 0 Å². The summed E-state index contributed by atoms with van der Waals surface area (Å²) in [5.41, 5.74) is 3.21. The van der Waals surface area contributed by atoms with Crippen LogP contribution in [-0.2, 0) is 16.0 Å². The summed E-state index contributed by atoms with van der Waals surface area (Å²) in [6, 6.07) is 14.2. The van der Waals surface area contributed by atoms with Crippen molar-refractivity contribution < 1.29 is 14.7 Å². The molecular formula is C19H23N3O3. The van der Waals surface area contributed by atoms with Gasteiger partial charge < -0.3 is 21.1 Å². The van der Waals surface area contributed by atoms with Crippen LogP contribution in [0.2, 0.25) is 0 Å². The van der Waals surface area contributed by atoms with Crippen molar-refractivity contribution in [3.8, 4) is 0 Å². The van der Waals surface area contributed by atoms with Crippen LogP contribution in [0.5, 0.6) is 0 Å². The van der Waals surface area contributed by atoms with Gasteiger partial charge in [-0.05, 0) is 49.2 Å². The van der Waals surface area contributed by atoms with Crippen LogP contribution in [0, 0.1) is 0 Å². The highest BCUT2D eigenvalue weighted by atomic mass is 16.3. The van der Waals surface area contributed by atoms with Gasteiger partial charge in [0.2, 0.25) is 11.8 Å². The zero-order chi connectivity index (χ0) is 18.2. The zero-order valence-electron chi connectivity index (χ0n) is 14.4. The van der Waals surface area contributed by atoms with E-state index in [1.165, 1.54) is 5.56 Å². The second-order valence-corrected chi connectivity index (χ2v) is 5.69. The molecule has 6 heteroatoms. The van der Waals surface area contributed by atoms with Gasteiger partial charge in [0.25, 0.3) is 0 Å². The predicted octanol–water partition coefficient (Wildman–Crippen LogP) is 2.62. The average Bonchev–Trinajstić information content (AvgIpc) is 2.62. The maximum Gasteiger partial charge on any atom is 0.250 e. The summed E-state index contributed by atoms with van der Waals surface area (Å²) < 4.78 is 0. The van der Waals surface area contributed by atoms with Crippen molar-refractivity contribution in [3.05, 3.63) is 54.1 Å². The van der Waals surface area contributed by atoms with Crippen molar-refractivity contribution >= 4 is 28.9 Å². The second-order valence-electron chi connectivity index (χ2n) is 5.69. The van der Waals surface area contributed by atoms with E-state index in [0.29, 0.717) is 11.4 Å².